The molecule has 0 aromatic heterocycles. The Balaban J connectivity index is 2.00. The number of carbonyl (C=O) groups excluding carboxylic acids is 1. The van der Waals surface area contributed by atoms with E-state index in [2.05, 4.69) is 60.8 Å². The topological polar surface area (TPSA) is 58.6 Å². The van der Waals surface area contributed by atoms with Crippen LogP contribution in [0.25, 0.3) is 0 Å². The second-order valence-electron chi connectivity index (χ2n) is 8.09. The van der Waals surface area contributed by atoms with Crippen LogP contribution in [0, 0.1) is 0 Å². The van der Waals surface area contributed by atoms with Crippen LogP contribution >= 0.6 is 0 Å². The Morgan fingerprint density at radius 3 is 2.12 bits per heavy atom. The first-order chi connectivity index (χ1) is 16.2. The number of carbonyl (C=O) groups is 1. The number of hydrogen-bond acceptors (Lipinski definition) is 3. The van der Waals surface area contributed by atoms with Gasteiger partial charge in [-0.05, 0) is 69.1 Å². The summed E-state index contributed by atoms with van der Waals surface area (Å²) >= 11 is 0. The fraction of sp³-hybridized carbons (Fsp3) is 0.483. The molecule has 0 fully saturated rings. The Morgan fingerprint density at radius 1 is 0.909 bits per heavy atom. The Kier molecular flexibility index (Phi) is 17.1. The maximum atomic E-state index is 11.9. The average Bonchev–Trinajstić information content (AvgIpc) is 2.82. The molecule has 1 rings (SSSR count). The van der Waals surface area contributed by atoms with E-state index >= 15 is 0 Å². The highest BCUT2D eigenvalue weighted by molar-refractivity contribution is 5.75. The van der Waals surface area contributed by atoms with Gasteiger partial charge in [-0.25, -0.2) is 0 Å². The van der Waals surface area contributed by atoms with Crippen molar-refractivity contribution in [3.8, 4) is 11.5 Å². The number of nitrogens with one attached hydrogen (secondary N) is 1. The second kappa shape index (κ2) is 19.9. The number of methoxy groups -OCH3 is 1. The van der Waals surface area contributed by atoms with Gasteiger partial charge in [-0.3, -0.25) is 4.79 Å². The zero-order chi connectivity index (χ0) is 24.0. The van der Waals surface area contributed by atoms with E-state index in [0.29, 0.717) is 25.1 Å². The van der Waals surface area contributed by atoms with Gasteiger partial charge in [-0.2, -0.15) is 0 Å². The van der Waals surface area contributed by atoms with Crippen LogP contribution in [0.3, 0.4) is 0 Å². The normalized spacial score (nSPS) is 11.9. The summed E-state index contributed by atoms with van der Waals surface area (Å²) in [4.78, 5) is 11.9. The fourth-order valence-corrected chi connectivity index (χ4v) is 3.25. The molecule has 182 valence electrons. The summed E-state index contributed by atoms with van der Waals surface area (Å²) in [7, 11) is 1.53. The summed E-state index contributed by atoms with van der Waals surface area (Å²) in [5.74, 6) is 0.664. The van der Waals surface area contributed by atoms with Crippen molar-refractivity contribution in [2.75, 3.05) is 13.7 Å². The van der Waals surface area contributed by atoms with Crippen LogP contribution in [0.15, 0.2) is 66.8 Å². The van der Waals surface area contributed by atoms with Crippen molar-refractivity contribution in [1.82, 2.24) is 5.32 Å². The van der Waals surface area contributed by atoms with Gasteiger partial charge in [0.05, 0.1) is 7.11 Å². The van der Waals surface area contributed by atoms with Crippen LogP contribution in [0.1, 0.15) is 76.7 Å². The smallest absolute Gasteiger partial charge is 0.220 e. The van der Waals surface area contributed by atoms with Gasteiger partial charge in [0.1, 0.15) is 0 Å². The summed E-state index contributed by atoms with van der Waals surface area (Å²) < 4.78 is 5.10. The summed E-state index contributed by atoms with van der Waals surface area (Å²) in [6, 6.07) is 5.25. The molecule has 0 aliphatic rings. The minimum absolute atomic E-state index is 0.0802. The highest BCUT2D eigenvalue weighted by Gasteiger charge is 2.04. The number of rotatable bonds is 18. The number of benzene rings is 1. The van der Waals surface area contributed by atoms with Crippen molar-refractivity contribution in [3.63, 3.8) is 0 Å². The number of aromatic hydroxyl groups is 1. The van der Waals surface area contributed by atoms with E-state index in [1.165, 1.54) is 32.8 Å². The van der Waals surface area contributed by atoms with Gasteiger partial charge in [0.15, 0.2) is 11.5 Å². The van der Waals surface area contributed by atoms with Crippen molar-refractivity contribution >= 4 is 5.91 Å². The predicted octanol–water partition coefficient (Wildman–Crippen LogP) is 7.21. The lowest BCUT2D eigenvalue weighted by atomic mass is 10.1. The zero-order valence-corrected chi connectivity index (χ0v) is 20.6. The van der Waals surface area contributed by atoms with Gasteiger partial charge >= 0.3 is 0 Å². The molecule has 4 nitrogen and oxygen atoms in total. The Hall–Kier alpha value is -2.75. The molecule has 0 radical (unpaired) electrons. The van der Waals surface area contributed by atoms with E-state index in [-0.39, 0.29) is 11.7 Å². The lowest BCUT2D eigenvalue weighted by Crippen LogP contribution is -2.25. The number of phenols is 1. The van der Waals surface area contributed by atoms with Gasteiger partial charge in [-0.1, -0.05) is 74.4 Å². The minimum Gasteiger partial charge on any atom is -0.504 e. The molecule has 0 unspecified atom stereocenters. The molecule has 4 heteroatoms. The van der Waals surface area contributed by atoms with E-state index in [9.17, 15) is 9.90 Å². The molecule has 1 amide bonds. The Bertz CT molecular complexity index is 762. The molecule has 0 atom stereocenters. The van der Waals surface area contributed by atoms with Crippen LogP contribution < -0.4 is 10.1 Å². The van der Waals surface area contributed by atoms with Crippen LogP contribution in [-0.2, 0) is 11.2 Å². The predicted molar refractivity (Wildman–Crippen MR) is 140 cm³/mol. The number of phenolic OH excluding ortho intramolecular Hbond substituents is 1. The molecule has 2 N–H and O–H groups in total. The molecule has 0 aliphatic heterocycles. The quantitative estimate of drug-likeness (QED) is 0.182. The van der Waals surface area contributed by atoms with E-state index in [1.807, 2.05) is 6.07 Å². The monoisotopic (exact) mass is 453 g/mol. The Labute approximate surface area is 201 Å². The first-order valence-electron chi connectivity index (χ1n) is 12.4. The third-order valence-corrected chi connectivity index (χ3v) is 5.21. The van der Waals surface area contributed by atoms with E-state index < -0.39 is 0 Å². The first-order valence-corrected chi connectivity index (χ1v) is 12.4. The number of hydrogen-bond donors (Lipinski definition) is 2. The minimum atomic E-state index is 0.0802. The van der Waals surface area contributed by atoms with Gasteiger partial charge in [0.25, 0.3) is 0 Å². The number of ether oxygens (including phenoxy) is 1. The SMILES string of the molecule is CCCCCC=CCC=CCC=CCC=CCCCC(=O)NCCc1ccc(O)c(OC)c1. The van der Waals surface area contributed by atoms with Crippen molar-refractivity contribution in [2.45, 2.75) is 77.6 Å². The van der Waals surface area contributed by atoms with Crippen molar-refractivity contribution < 1.29 is 14.6 Å². The summed E-state index contributed by atoms with van der Waals surface area (Å²) in [6.45, 7) is 2.82. The zero-order valence-electron chi connectivity index (χ0n) is 20.6. The molecule has 0 bridgehead atoms. The molecule has 33 heavy (non-hydrogen) atoms. The largest absolute Gasteiger partial charge is 0.504 e. The standard InChI is InChI=1S/C29H43NO3/c1-3-4-5-6-7-8-9-10-11-12-13-14-15-16-17-18-19-20-29(32)30-24-23-26-21-22-27(31)28(25-26)33-2/h7-8,10-11,13-14,16-17,21-22,25,31H,3-6,9,12,15,18-20,23-24H2,1-2H3,(H,30,32). The van der Waals surface area contributed by atoms with Gasteiger partial charge in [0.2, 0.25) is 5.91 Å². The second-order valence-corrected chi connectivity index (χ2v) is 8.09. The molecular formula is C29H43NO3. The third-order valence-electron chi connectivity index (χ3n) is 5.21. The number of amides is 1. The lowest BCUT2D eigenvalue weighted by molar-refractivity contribution is -0.121. The van der Waals surface area contributed by atoms with Crippen molar-refractivity contribution in [1.29, 1.82) is 0 Å². The molecule has 1 aromatic carbocycles. The van der Waals surface area contributed by atoms with Crippen LogP contribution in [0.2, 0.25) is 0 Å². The van der Waals surface area contributed by atoms with Crippen LogP contribution in [-0.4, -0.2) is 24.7 Å². The lowest BCUT2D eigenvalue weighted by Gasteiger charge is -2.08. The van der Waals surface area contributed by atoms with Gasteiger partial charge in [0, 0.05) is 13.0 Å². The van der Waals surface area contributed by atoms with Gasteiger partial charge < -0.3 is 15.2 Å². The average molecular weight is 454 g/mol. The van der Waals surface area contributed by atoms with Crippen molar-refractivity contribution in [3.05, 3.63) is 72.4 Å². The number of unbranched alkanes of at least 4 members (excludes halogenated alkanes) is 4. The molecule has 0 saturated carbocycles. The van der Waals surface area contributed by atoms with Crippen LogP contribution in [0.4, 0.5) is 0 Å². The van der Waals surface area contributed by atoms with E-state index in [4.69, 9.17) is 4.74 Å². The fourth-order valence-electron chi connectivity index (χ4n) is 3.25. The summed E-state index contributed by atoms with van der Waals surface area (Å²) in [5, 5.41) is 12.6. The van der Waals surface area contributed by atoms with Crippen molar-refractivity contribution in [2.24, 2.45) is 0 Å². The molecule has 0 heterocycles. The molecule has 1 aromatic rings. The molecular weight excluding hydrogens is 410 g/mol. The van der Waals surface area contributed by atoms with Crippen LogP contribution in [0.5, 0.6) is 11.5 Å². The molecule has 0 aliphatic carbocycles. The first kappa shape index (κ1) is 28.3. The van der Waals surface area contributed by atoms with Gasteiger partial charge in [-0.15, -0.1) is 0 Å². The highest BCUT2D eigenvalue weighted by atomic mass is 16.5. The summed E-state index contributed by atoms with van der Waals surface area (Å²) in [5.41, 5.74) is 1.02. The molecule has 0 spiro atoms. The van der Waals surface area contributed by atoms with E-state index in [1.54, 1.807) is 12.1 Å². The number of allylic oxidation sites excluding steroid dienone is 8. The molecule has 0 saturated heterocycles. The maximum Gasteiger partial charge on any atom is 0.220 e. The third kappa shape index (κ3) is 15.7. The highest BCUT2D eigenvalue weighted by Crippen LogP contribution is 2.26. The summed E-state index contributed by atoms with van der Waals surface area (Å²) in [6.07, 6.45) is 28.8. The maximum absolute atomic E-state index is 11.9. The Morgan fingerprint density at radius 2 is 1.52 bits per heavy atom. The van der Waals surface area contributed by atoms with E-state index in [0.717, 1.165) is 37.7 Å².